The third-order valence-corrected chi connectivity index (χ3v) is 6.59. The maximum Gasteiger partial charge on any atom is 0.166 e. The maximum absolute atomic E-state index is 6.16. The molecule has 7 nitrogen and oxygen atoms in total. The van der Waals surface area contributed by atoms with E-state index in [9.17, 15) is 0 Å². The average molecular weight is 551 g/mol. The molecule has 1 aliphatic rings. The molecule has 1 aliphatic heterocycles. The van der Waals surface area contributed by atoms with Crippen LogP contribution in [0.25, 0.3) is 5.70 Å². The molecule has 39 heavy (non-hydrogen) atoms. The Hall–Kier alpha value is -3.36. The predicted octanol–water partition coefficient (Wildman–Crippen LogP) is 7.72. The van der Waals surface area contributed by atoms with Gasteiger partial charge in [-0.2, -0.15) is 0 Å². The summed E-state index contributed by atoms with van der Waals surface area (Å²) in [6.45, 7) is 12.9. The zero-order valence-electron chi connectivity index (χ0n) is 24.8. The standard InChI is InChI=1S/C25H37N5OS.C6H9N/c1-8-9-20(18-11-10-17(2)23(14-18)30(27)13-12-26)28-21-15-19(25(3,4)5)16-22(29-32-7)24(21)31-6;1-6-3-2-4-7-5-6/h9-16,28-29H,8,26-27H2,1-7H3;4-5H,2-3H2,1H3/b13-12-,20-9-;. The van der Waals surface area contributed by atoms with E-state index in [1.54, 1.807) is 25.3 Å². The van der Waals surface area contributed by atoms with E-state index >= 15 is 0 Å². The molecule has 0 atom stereocenters. The number of hydrazine groups is 1. The molecule has 0 saturated carbocycles. The molecule has 2 aromatic carbocycles. The fraction of sp³-hybridized carbons (Fsp3) is 0.387. The van der Waals surface area contributed by atoms with E-state index in [0.717, 1.165) is 52.5 Å². The van der Waals surface area contributed by atoms with Crippen LogP contribution in [-0.2, 0) is 5.41 Å². The van der Waals surface area contributed by atoms with Crippen LogP contribution in [0.5, 0.6) is 5.75 Å². The zero-order valence-corrected chi connectivity index (χ0v) is 25.6. The highest BCUT2D eigenvalue weighted by atomic mass is 32.2. The molecule has 3 rings (SSSR count). The van der Waals surface area contributed by atoms with Crippen LogP contribution in [0.1, 0.15) is 70.6 Å². The number of hydrogen-bond acceptors (Lipinski definition) is 8. The van der Waals surface area contributed by atoms with Crippen LogP contribution in [0.4, 0.5) is 17.1 Å². The second-order valence-electron chi connectivity index (χ2n) is 10.4. The second-order valence-corrected chi connectivity index (χ2v) is 11.0. The summed E-state index contributed by atoms with van der Waals surface area (Å²) in [5.74, 6) is 6.94. The van der Waals surface area contributed by atoms with Crippen molar-refractivity contribution in [2.24, 2.45) is 16.6 Å². The number of nitrogens with zero attached hydrogens (tertiary/aromatic N) is 2. The van der Waals surface area contributed by atoms with Crippen molar-refractivity contribution in [1.82, 2.24) is 0 Å². The molecule has 0 aliphatic carbocycles. The number of hydrogen-bond donors (Lipinski definition) is 4. The van der Waals surface area contributed by atoms with Crippen molar-refractivity contribution in [2.75, 3.05) is 28.4 Å². The lowest BCUT2D eigenvalue weighted by Gasteiger charge is -2.25. The first-order valence-electron chi connectivity index (χ1n) is 13.2. The SMILES string of the molecule is CC/C=C(\Nc1cc(C(C)(C)C)cc(NSC)c1OC)c1ccc(C)c(N(N)/C=C\N)c1.CC1=CN=CCC1. The molecule has 0 saturated heterocycles. The summed E-state index contributed by atoms with van der Waals surface area (Å²) in [4.78, 5) is 3.97. The highest BCUT2D eigenvalue weighted by molar-refractivity contribution is 7.99. The first-order valence-corrected chi connectivity index (χ1v) is 14.5. The average Bonchev–Trinajstić information content (AvgIpc) is 2.89. The van der Waals surface area contributed by atoms with E-state index in [1.165, 1.54) is 28.8 Å². The Kier molecular flexibility index (Phi) is 12.5. The van der Waals surface area contributed by atoms with Crippen molar-refractivity contribution in [1.29, 1.82) is 0 Å². The highest BCUT2D eigenvalue weighted by Crippen LogP contribution is 2.41. The van der Waals surface area contributed by atoms with Crippen LogP contribution in [0, 0.1) is 6.92 Å². The lowest BCUT2D eigenvalue weighted by atomic mass is 9.86. The van der Waals surface area contributed by atoms with Crippen molar-refractivity contribution in [3.63, 3.8) is 0 Å². The van der Waals surface area contributed by atoms with E-state index in [-0.39, 0.29) is 5.41 Å². The van der Waals surface area contributed by atoms with Crippen molar-refractivity contribution < 1.29 is 4.74 Å². The van der Waals surface area contributed by atoms with Crippen LogP contribution in [0.3, 0.4) is 0 Å². The van der Waals surface area contributed by atoms with Gasteiger partial charge in [0.2, 0.25) is 0 Å². The van der Waals surface area contributed by atoms with E-state index in [0.29, 0.717) is 0 Å². The number of anilines is 3. The highest BCUT2D eigenvalue weighted by Gasteiger charge is 2.20. The molecule has 8 heteroatoms. The molecule has 1 heterocycles. The van der Waals surface area contributed by atoms with E-state index in [2.05, 4.69) is 86.1 Å². The summed E-state index contributed by atoms with van der Waals surface area (Å²) in [6.07, 6.45) is 14.3. The van der Waals surface area contributed by atoms with Gasteiger partial charge in [0, 0.05) is 36.8 Å². The van der Waals surface area contributed by atoms with Crippen molar-refractivity contribution in [2.45, 2.75) is 66.2 Å². The Bertz CT molecular complexity index is 1210. The Morgan fingerprint density at radius 3 is 2.41 bits per heavy atom. The minimum absolute atomic E-state index is 0.0161. The maximum atomic E-state index is 6.16. The minimum Gasteiger partial charge on any atom is -0.492 e. The normalized spacial score (nSPS) is 13.5. The van der Waals surface area contributed by atoms with Crippen molar-refractivity contribution in [3.8, 4) is 5.75 Å². The van der Waals surface area contributed by atoms with Crippen molar-refractivity contribution in [3.05, 3.63) is 77.3 Å². The van der Waals surface area contributed by atoms with Gasteiger partial charge in [-0.05, 0) is 73.4 Å². The molecule has 0 spiro atoms. The molecular weight excluding hydrogens is 504 g/mol. The summed E-state index contributed by atoms with van der Waals surface area (Å²) < 4.78 is 9.17. The van der Waals surface area contributed by atoms with Gasteiger partial charge < -0.3 is 20.5 Å². The molecule has 212 valence electrons. The largest absolute Gasteiger partial charge is 0.492 e. The van der Waals surface area contributed by atoms with Gasteiger partial charge in [0.1, 0.15) is 0 Å². The molecular formula is C31H46N6OS. The van der Waals surface area contributed by atoms with E-state index in [4.69, 9.17) is 16.3 Å². The lowest BCUT2D eigenvalue weighted by molar-refractivity contribution is 0.418. The molecule has 6 N–H and O–H groups in total. The van der Waals surface area contributed by atoms with Crippen LogP contribution in [-0.4, -0.2) is 19.6 Å². The summed E-state index contributed by atoms with van der Waals surface area (Å²) in [7, 11) is 1.70. The summed E-state index contributed by atoms with van der Waals surface area (Å²) >= 11 is 1.54. The van der Waals surface area contributed by atoms with Crippen LogP contribution in [0.15, 0.2) is 65.6 Å². The van der Waals surface area contributed by atoms with Gasteiger partial charge in [-0.15, -0.1) is 0 Å². The van der Waals surface area contributed by atoms with Gasteiger partial charge >= 0.3 is 0 Å². The second kappa shape index (κ2) is 15.3. The third kappa shape index (κ3) is 9.41. The lowest BCUT2D eigenvalue weighted by Crippen LogP contribution is -2.25. The number of ether oxygens (including phenoxy) is 1. The van der Waals surface area contributed by atoms with Gasteiger partial charge in [0.15, 0.2) is 5.75 Å². The first-order chi connectivity index (χ1) is 18.5. The number of rotatable bonds is 9. The Labute approximate surface area is 239 Å². The molecule has 0 unspecified atom stereocenters. The quantitative estimate of drug-likeness (QED) is 0.144. The van der Waals surface area contributed by atoms with Crippen LogP contribution < -0.4 is 31.4 Å². The number of benzene rings is 2. The number of aliphatic imine (C=N–C) groups is 1. The summed E-state index contributed by atoms with van der Waals surface area (Å²) in [6, 6.07) is 10.5. The zero-order chi connectivity index (χ0) is 29.0. The van der Waals surface area contributed by atoms with Gasteiger partial charge in [0.05, 0.1) is 24.2 Å². The van der Waals surface area contributed by atoms with E-state index in [1.807, 2.05) is 25.6 Å². The van der Waals surface area contributed by atoms with Gasteiger partial charge in [-0.25, -0.2) is 5.84 Å². The van der Waals surface area contributed by atoms with Crippen LogP contribution >= 0.6 is 11.9 Å². The Morgan fingerprint density at radius 1 is 1.18 bits per heavy atom. The molecule has 0 fully saturated rings. The van der Waals surface area contributed by atoms with Gasteiger partial charge in [-0.1, -0.05) is 63.4 Å². The molecule has 2 aromatic rings. The number of aryl methyl sites for hydroxylation is 1. The third-order valence-electron chi connectivity index (χ3n) is 6.16. The number of nitrogens with two attached hydrogens (primary N) is 2. The predicted molar refractivity (Wildman–Crippen MR) is 173 cm³/mol. The monoisotopic (exact) mass is 550 g/mol. The first kappa shape index (κ1) is 31.9. The minimum atomic E-state index is -0.0161. The Morgan fingerprint density at radius 2 is 1.90 bits per heavy atom. The molecule has 0 aromatic heterocycles. The smallest absolute Gasteiger partial charge is 0.166 e. The van der Waals surface area contributed by atoms with E-state index < -0.39 is 0 Å². The summed E-state index contributed by atoms with van der Waals surface area (Å²) in [5, 5.41) is 5.16. The molecule has 0 bridgehead atoms. The topological polar surface area (TPSA) is 101 Å². The summed E-state index contributed by atoms with van der Waals surface area (Å²) in [5.41, 5.74) is 13.9. The number of nitrogens with one attached hydrogen (secondary N) is 2. The number of allylic oxidation sites excluding steroid dienone is 2. The molecule has 0 amide bonds. The Balaban J connectivity index is 0.000000658. The number of methoxy groups -OCH3 is 1. The van der Waals surface area contributed by atoms with Crippen molar-refractivity contribution >= 4 is 40.9 Å². The van der Waals surface area contributed by atoms with Gasteiger partial charge in [-0.3, -0.25) is 10.0 Å². The fourth-order valence-electron chi connectivity index (χ4n) is 3.99. The van der Waals surface area contributed by atoms with Gasteiger partial charge in [0.25, 0.3) is 0 Å². The van der Waals surface area contributed by atoms with Crippen LogP contribution in [0.2, 0.25) is 0 Å². The fourth-order valence-corrected chi connectivity index (χ4v) is 4.36. The molecule has 0 radical (unpaired) electrons.